The average molecular weight is 418 g/mol. The summed E-state index contributed by atoms with van der Waals surface area (Å²) in [6.07, 6.45) is 5.66. The Bertz CT molecular complexity index is 836. The second kappa shape index (κ2) is 10.5. The van der Waals surface area contributed by atoms with Crippen LogP contribution in [0.2, 0.25) is 10.0 Å². The first-order valence-electron chi connectivity index (χ1n) is 9.00. The summed E-state index contributed by atoms with van der Waals surface area (Å²) >= 11 is 12.2. The maximum atomic E-state index is 12.2. The normalized spacial score (nSPS) is 13.5. The van der Waals surface area contributed by atoms with Crippen molar-refractivity contribution in [2.45, 2.75) is 18.9 Å². The summed E-state index contributed by atoms with van der Waals surface area (Å²) in [7, 11) is 1.98. The molecule has 0 bridgehead atoms. The van der Waals surface area contributed by atoms with Gasteiger partial charge in [-0.2, -0.15) is 0 Å². The minimum Gasteiger partial charge on any atom is -0.461 e. The van der Waals surface area contributed by atoms with Crippen molar-refractivity contribution in [2.75, 3.05) is 20.2 Å². The Hall–Kier alpha value is -2.07. The third-order valence-electron chi connectivity index (χ3n) is 4.63. The van der Waals surface area contributed by atoms with Gasteiger partial charge in [-0.15, -0.1) is 6.58 Å². The standard InChI is InChI=1S/C23H25Cl2NO2/c1-4-14-26(3)23(2,16-19-10-12-20(24)21(25)15-19)17-28-22(27)13-11-18-8-6-5-7-9-18/h4-13,15H,1,14,16-17H2,2-3H3/b13-11+/t23-/m0/s1. The highest BCUT2D eigenvalue weighted by atomic mass is 35.5. The number of hydrogen-bond acceptors (Lipinski definition) is 3. The zero-order valence-electron chi connectivity index (χ0n) is 16.2. The molecule has 0 aliphatic heterocycles. The fraction of sp³-hybridized carbons (Fsp3) is 0.261. The van der Waals surface area contributed by atoms with E-state index in [1.165, 1.54) is 6.08 Å². The molecule has 2 rings (SSSR count). The van der Waals surface area contributed by atoms with Crippen molar-refractivity contribution in [1.82, 2.24) is 4.90 Å². The molecule has 2 aromatic carbocycles. The van der Waals surface area contributed by atoms with E-state index in [2.05, 4.69) is 11.5 Å². The van der Waals surface area contributed by atoms with E-state index >= 15 is 0 Å². The zero-order chi connectivity index (χ0) is 20.6. The number of halogens is 2. The molecule has 148 valence electrons. The summed E-state index contributed by atoms with van der Waals surface area (Å²) in [5.41, 5.74) is 1.53. The predicted molar refractivity (Wildman–Crippen MR) is 118 cm³/mol. The molecule has 0 heterocycles. The van der Waals surface area contributed by atoms with Gasteiger partial charge < -0.3 is 4.74 Å². The lowest BCUT2D eigenvalue weighted by Crippen LogP contribution is -2.49. The van der Waals surface area contributed by atoms with E-state index in [1.54, 1.807) is 12.1 Å². The minimum atomic E-state index is -0.429. The lowest BCUT2D eigenvalue weighted by Gasteiger charge is -2.38. The van der Waals surface area contributed by atoms with Crippen molar-refractivity contribution in [3.8, 4) is 0 Å². The summed E-state index contributed by atoms with van der Waals surface area (Å²) in [6.45, 7) is 6.75. The minimum absolute atomic E-state index is 0.232. The smallest absolute Gasteiger partial charge is 0.330 e. The summed E-state index contributed by atoms with van der Waals surface area (Å²) in [5.74, 6) is -0.379. The van der Waals surface area contributed by atoms with Crippen LogP contribution in [-0.2, 0) is 16.0 Å². The monoisotopic (exact) mass is 417 g/mol. The Morgan fingerprint density at radius 1 is 1.18 bits per heavy atom. The highest BCUT2D eigenvalue weighted by Crippen LogP contribution is 2.27. The second-order valence-corrected chi connectivity index (χ2v) is 7.76. The van der Waals surface area contributed by atoms with Crippen LogP contribution in [0.25, 0.3) is 6.08 Å². The van der Waals surface area contributed by atoms with E-state index in [0.717, 1.165) is 11.1 Å². The summed E-state index contributed by atoms with van der Waals surface area (Å²) < 4.78 is 5.56. The number of rotatable bonds is 9. The topological polar surface area (TPSA) is 29.5 Å². The first-order valence-corrected chi connectivity index (χ1v) is 9.75. The molecule has 2 aromatic rings. The van der Waals surface area contributed by atoms with Crippen LogP contribution in [0, 0.1) is 0 Å². The molecule has 0 amide bonds. The van der Waals surface area contributed by atoms with E-state index in [-0.39, 0.29) is 12.6 Å². The van der Waals surface area contributed by atoms with Crippen molar-refractivity contribution >= 4 is 35.2 Å². The Morgan fingerprint density at radius 3 is 2.54 bits per heavy atom. The van der Waals surface area contributed by atoms with Gasteiger partial charge in [-0.1, -0.05) is 65.7 Å². The number of carbonyl (C=O) groups is 1. The number of hydrogen-bond donors (Lipinski definition) is 0. The molecule has 5 heteroatoms. The molecular weight excluding hydrogens is 393 g/mol. The molecule has 0 spiro atoms. The van der Waals surface area contributed by atoms with Crippen molar-refractivity contribution in [1.29, 1.82) is 0 Å². The maximum absolute atomic E-state index is 12.2. The van der Waals surface area contributed by atoms with Crippen molar-refractivity contribution in [3.63, 3.8) is 0 Å². The molecular formula is C23H25Cl2NO2. The quantitative estimate of drug-likeness (QED) is 0.299. The van der Waals surface area contributed by atoms with Crippen LogP contribution in [0.1, 0.15) is 18.1 Å². The predicted octanol–water partition coefficient (Wildman–Crippen LogP) is 5.67. The Kier molecular flexibility index (Phi) is 8.31. The van der Waals surface area contributed by atoms with Crippen molar-refractivity contribution < 1.29 is 9.53 Å². The summed E-state index contributed by atoms with van der Waals surface area (Å²) in [6, 6.07) is 15.2. The fourth-order valence-electron chi connectivity index (χ4n) is 2.80. The van der Waals surface area contributed by atoms with Gasteiger partial charge in [0.15, 0.2) is 0 Å². The molecule has 0 fully saturated rings. The van der Waals surface area contributed by atoms with Gasteiger partial charge in [-0.3, -0.25) is 4.90 Å². The number of benzene rings is 2. The molecule has 0 N–H and O–H groups in total. The van der Waals surface area contributed by atoms with Gasteiger partial charge in [0, 0.05) is 12.6 Å². The SMILES string of the molecule is C=CCN(C)[C@](C)(COC(=O)/C=C/c1ccccc1)Cc1ccc(Cl)c(Cl)c1. The van der Waals surface area contributed by atoms with E-state index in [4.69, 9.17) is 27.9 Å². The van der Waals surface area contributed by atoms with Crippen LogP contribution in [0.15, 0.2) is 67.3 Å². The van der Waals surface area contributed by atoms with Crippen LogP contribution in [-0.4, -0.2) is 36.6 Å². The Balaban J connectivity index is 2.09. The second-order valence-electron chi connectivity index (χ2n) is 6.94. The lowest BCUT2D eigenvalue weighted by atomic mass is 9.92. The maximum Gasteiger partial charge on any atom is 0.330 e. The number of nitrogens with zero attached hydrogens (tertiary/aromatic N) is 1. The molecule has 3 nitrogen and oxygen atoms in total. The molecule has 1 atom stereocenters. The first-order chi connectivity index (χ1) is 13.3. The first kappa shape index (κ1) is 22.2. The van der Waals surface area contributed by atoms with Crippen LogP contribution < -0.4 is 0 Å². The number of carbonyl (C=O) groups excluding carboxylic acids is 1. The van der Waals surface area contributed by atoms with Crippen molar-refractivity contribution in [3.05, 3.63) is 88.4 Å². The zero-order valence-corrected chi connectivity index (χ0v) is 17.7. The molecule has 0 unspecified atom stereocenters. The lowest BCUT2D eigenvalue weighted by molar-refractivity contribution is -0.141. The number of likely N-dealkylation sites (N-methyl/N-ethyl adjacent to an activating group) is 1. The average Bonchev–Trinajstić information content (AvgIpc) is 2.68. The van der Waals surface area contributed by atoms with Gasteiger partial charge in [-0.25, -0.2) is 4.79 Å². The third kappa shape index (κ3) is 6.52. The van der Waals surface area contributed by atoms with Gasteiger partial charge >= 0.3 is 5.97 Å². The van der Waals surface area contributed by atoms with Gasteiger partial charge in [0.2, 0.25) is 0 Å². The Morgan fingerprint density at radius 2 is 1.89 bits per heavy atom. The van der Waals surface area contributed by atoms with Gasteiger partial charge in [-0.05, 0) is 49.7 Å². The number of ether oxygens (including phenoxy) is 1. The molecule has 0 saturated heterocycles. The summed E-state index contributed by atoms with van der Waals surface area (Å²) in [4.78, 5) is 14.3. The molecule has 0 saturated carbocycles. The number of esters is 1. The molecule has 0 aromatic heterocycles. The molecule has 0 aliphatic carbocycles. The third-order valence-corrected chi connectivity index (χ3v) is 5.37. The Labute approximate surface area is 177 Å². The highest BCUT2D eigenvalue weighted by molar-refractivity contribution is 6.42. The largest absolute Gasteiger partial charge is 0.461 e. The summed E-state index contributed by atoms with van der Waals surface area (Å²) in [5, 5.41) is 1.03. The van der Waals surface area contributed by atoms with Crippen LogP contribution in [0.3, 0.4) is 0 Å². The molecule has 0 aliphatic rings. The van der Waals surface area contributed by atoms with E-state index in [1.807, 2.05) is 62.5 Å². The van der Waals surface area contributed by atoms with E-state index < -0.39 is 5.54 Å². The van der Waals surface area contributed by atoms with Gasteiger partial charge in [0.25, 0.3) is 0 Å². The van der Waals surface area contributed by atoms with E-state index in [0.29, 0.717) is 23.0 Å². The van der Waals surface area contributed by atoms with Crippen LogP contribution >= 0.6 is 23.2 Å². The van der Waals surface area contributed by atoms with Gasteiger partial charge in [0.05, 0.1) is 15.6 Å². The molecule has 0 radical (unpaired) electrons. The van der Waals surface area contributed by atoms with Crippen LogP contribution in [0.4, 0.5) is 0 Å². The highest BCUT2D eigenvalue weighted by Gasteiger charge is 2.31. The van der Waals surface area contributed by atoms with Gasteiger partial charge in [0.1, 0.15) is 6.61 Å². The van der Waals surface area contributed by atoms with E-state index in [9.17, 15) is 4.79 Å². The van der Waals surface area contributed by atoms with Crippen molar-refractivity contribution in [2.24, 2.45) is 0 Å². The fourth-order valence-corrected chi connectivity index (χ4v) is 3.12. The molecule has 28 heavy (non-hydrogen) atoms. The van der Waals surface area contributed by atoms with Crippen LogP contribution in [0.5, 0.6) is 0 Å².